The van der Waals surface area contributed by atoms with Crippen LogP contribution in [0.4, 0.5) is 0 Å². The average Bonchev–Trinajstić information content (AvgIpc) is 2.52. The monoisotopic (exact) mass is 335 g/mol. The van der Waals surface area contributed by atoms with Crippen LogP contribution >= 0.6 is 0 Å². The van der Waals surface area contributed by atoms with E-state index in [9.17, 15) is 9.59 Å². The van der Waals surface area contributed by atoms with Crippen LogP contribution in [0, 0.1) is 19.3 Å². The first-order valence-electron chi connectivity index (χ1n) is 8.66. The Morgan fingerprint density at radius 1 is 1.42 bits per heavy atom. The number of aromatic nitrogens is 2. The first kappa shape index (κ1) is 18.6. The summed E-state index contributed by atoms with van der Waals surface area (Å²) in [6.45, 7) is 10.7. The standard InChI is InChI=1S/C18H29N3O3/c1-7-8-9-24-14-10-13(18(14,4)5)21(6)17(23)15-16(22)20-12(3)11(2)19-15/h13-14H,7-10H2,1-6H3,(H,20,22)/t13-,14-/m1/s1. The zero-order valence-electron chi connectivity index (χ0n) is 15.6. The maximum atomic E-state index is 12.7. The first-order valence-corrected chi connectivity index (χ1v) is 8.66. The molecule has 1 aromatic heterocycles. The first-order chi connectivity index (χ1) is 11.2. The van der Waals surface area contributed by atoms with Crippen molar-refractivity contribution in [2.75, 3.05) is 13.7 Å². The van der Waals surface area contributed by atoms with Crippen molar-refractivity contribution in [3.05, 3.63) is 27.4 Å². The summed E-state index contributed by atoms with van der Waals surface area (Å²) in [5, 5.41) is 0. The van der Waals surface area contributed by atoms with Gasteiger partial charge in [-0.3, -0.25) is 9.59 Å². The molecule has 2 atom stereocenters. The Bertz CT molecular complexity index is 666. The number of carbonyl (C=O) groups is 1. The average molecular weight is 335 g/mol. The van der Waals surface area contributed by atoms with Gasteiger partial charge in [0.2, 0.25) is 0 Å². The Morgan fingerprint density at radius 2 is 2.08 bits per heavy atom. The molecular formula is C18H29N3O3. The van der Waals surface area contributed by atoms with E-state index in [4.69, 9.17) is 4.74 Å². The van der Waals surface area contributed by atoms with E-state index >= 15 is 0 Å². The quantitative estimate of drug-likeness (QED) is 0.810. The molecule has 1 fully saturated rings. The highest BCUT2D eigenvalue weighted by Gasteiger charge is 2.52. The number of unbranched alkanes of at least 4 members (excludes halogenated alkanes) is 1. The number of amides is 1. The normalized spacial score (nSPS) is 22.1. The van der Waals surface area contributed by atoms with Crippen molar-refractivity contribution in [1.29, 1.82) is 0 Å². The van der Waals surface area contributed by atoms with Crippen LogP contribution in [-0.2, 0) is 4.74 Å². The van der Waals surface area contributed by atoms with Crippen LogP contribution in [0.1, 0.15) is 61.9 Å². The molecule has 1 amide bonds. The number of carbonyl (C=O) groups excluding carboxylic acids is 1. The number of aromatic amines is 1. The van der Waals surface area contributed by atoms with Gasteiger partial charge in [-0.25, -0.2) is 4.98 Å². The molecule has 0 spiro atoms. The van der Waals surface area contributed by atoms with Crippen molar-refractivity contribution in [1.82, 2.24) is 14.9 Å². The van der Waals surface area contributed by atoms with Crippen molar-refractivity contribution < 1.29 is 9.53 Å². The number of rotatable bonds is 6. The summed E-state index contributed by atoms with van der Waals surface area (Å²) in [6.07, 6.45) is 3.10. The van der Waals surface area contributed by atoms with E-state index < -0.39 is 5.56 Å². The summed E-state index contributed by atoms with van der Waals surface area (Å²) in [6, 6.07) is 0.0411. The van der Waals surface area contributed by atoms with Gasteiger partial charge in [-0.1, -0.05) is 27.2 Å². The molecule has 0 aromatic carbocycles. The smallest absolute Gasteiger partial charge is 0.279 e. The van der Waals surface area contributed by atoms with E-state index in [0.717, 1.165) is 25.9 Å². The number of H-pyrrole nitrogens is 1. The van der Waals surface area contributed by atoms with Gasteiger partial charge in [0.05, 0.1) is 11.8 Å². The van der Waals surface area contributed by atoms with Crippen LogP contribution in [-0.4, -0.2) is 46.6 Å². The van der Waals surface area contributed by atoms with Crippen molar-refractivity contribution in [2.45, 2.75) is 66.0 Å². The molecule has 1 saturated carbocycles. The molecule has 1 heterocycles. The molecule has 1 aromatic rings. The Balaban J connectivity index is 2.10. The largest absolute Gasteiger partial charge is 0.378 e. The lowest BCUT2D eigenvalue weighted by molar-refractivity contribution is -0.140. The zero-order valence-corrected chi connectivity index (χ0v) is 15.6. The third-order valence-corrected chi connectivity index (χ3v) is 5.27. The SMILES string of the molecule is CCCCO[C@@H]1C[C@@H](N(C)C(=O)c2nc(C)c(C)[nH]c2=O)C1(C)C. The topological polar surface area (TPSA) is 75.3 Å². The lowest BCUT2D eigenvalue weighted by Crippen LogP contribution is -2.62. The van der Waals surface area contributed by atoms with E-state index in [1.807, 2.05) is 0 Å². The molecule has 0 unspecified atom stereocenters. The fourth-order valence-corrected chi connectivity index (χ4v) is 3.25. The predicted molar refractivity (Wildman–Crippen MR) is 93.3 cm³/mol. The zero-order chi connectivity index (χ0) is 18.1. The van der Waals surface area contributed by atoms with Gasteiger partial charge in [0.1, 0.15) is 0 Å². The highest BCUT2D eigenvalue weighted by Crippen LogP contribution is 2.45. The van der Waals surface area contributed by atoms with Crippen molar-refractivity contribution in [3.8, 4) is 0 Å². The van der Waals surface area contributed by atoms with Crippen LogP contribution in [0.5, 0.6) is 0 Å². The molecule has 6 nitrogen and oxygen atoms in total. The van der Waals surface area contributed by atoms with Crippen LogP contribution < -0.4 is 5.56 Å². The van der Waals surface area contributed by atoms with E-state index in [1.54, 1.807) is 25.8 Å². The second-order valence-electron chi connectivity index (χ2n) is 7.33. The molecule has 0 saturated heterocycles. The Hall–Kier alpha value is -1.69. The lowest BCUT2D eigenvalue weighted by atomic mass is 9.63. The summed E-state index contributed by atoms with van der Waals surface area (Å²) in [5.41, 5.74) is 0.757. The van der Waals surface area contributed by atoms with Gasteiger partial charge in [-0.05, 0) is 26.7 Å². The molecule has 6 heteroatoms. The Labute approximate surface area is 143 Å². The molecule has 1 aliphatic rings. The molecule has 134 valence electrons. The van der Waals surface area contributed by atoms with Crippen LogP contribution in [0.2, 0.25) is 0 Å². The van der Waals surface area contributed by atoms with Gasteiger partial charge in [-0.2, -0.15) is 0 Å². The van der Waals surface area contributed by atoms with Gasteiger partial charge < -0.3 is 14.6 Å². The van der Waals surface area contributed by atoms with E-state index in [2.05, 4.69) is 30.7 Å². The fraction of sp³-hybridized carbons (Fsp3) is 0.722. The Morgan fingerprint density at radius 3 is 2.67 bits per heavy atom. The minimum atomic E-state index is -0.428. The molecule has 1 N–H and O–H groups in total. The van der Waals surface area contributed by atoms with E-state index in [1.165, 1.54) is 0 Å². The highest BCUT2D eigenvalue weighted by atomic mass is 16.5. The van der Waals surface area contributed by atoms with Crippen LogP contribution in [0.25, 0.3) is 0 Å². The van der Waals surface area contributed by atoms with E-state index in [0.29, 0.717) is 11.4 Å². The molecule has 1 aliphatic carbocycles. The maximum absolute atomic E-state index is 12.7. The lowest BCUT2D eigenvalue weighted by Gasteiger charge is -2.54. The molecule has 0 aliphatic heterocycles. The molecule has 2 rings (SSSR count). The maximum Gasteiger partial charge on any atom is 0.279 e. The second-order valence-corrected chi connectivity index (χ2v) is 7.33. The summed E-state index contributed by atoms with van der Waals surface area (Å²) < 4.78 is 5.94. The van der Waals surface area contributed by atoms with Crippen molar-refractivity contribution >= 4 is 5.91 Å². The fourth-order valence-electron chi connectivity index (χ4n) is 3.25. The van der Waals surface area contributed by atoms with Gasteiger partial charge in [0, 0.05) is 30.8 Å². The molecular weight excluding hydrogens is 306 g/mol. The number of ether oxygens (including phenoxy) is 1. The van der Waals surface area contributed by atoms with E-state index in [-0.39, 0.29) is 29.2 Å². The third-order valence-electron chi connectivity index (χ3n) is 5.27. The van der Waals surface area contributed by atoms with Crippen molar-refractivity contribution in [3.63, 3.8) is 0 Å². The van der Waals surface area contributed by atoms with Crippen LogP contribution in [0.15, 0.2) is 4.79 Å². The summed E-state index contributed by atoms with van der Waals surface area (Å²) in [5.74, 6) is -0.329. The van der Waals surface area contributed by atoms with Gasteiger partial charge in [0.15, 0.2) is 5.69 Å². The number of hydrogen-bond donors (Lipinski definition) is 1. The second kappa shape index (κ2) is 7.05. The minimum absolute atomic E-state index is 0.0354. The van der Waals surface area contributed by atoms with Gasteiger partial charge in [-0.15, -0.1) is 0 Å². The summed E-state index contributed by atoms with van der Waals surface area (Å²) >= 11 is 0. The molecule has 24 heavy (non-hydrogen) atoms. The summed E-state index contributed by atoms with van der Waals surface area (Å²) in [4.78, 5) is 33.3. The predicted octanol–water partition coefficient (Wildman–Crippen LogP) is 2.44. The van der Waals surface area contributed by atoms with Gasteiger partial charge in [0.25, 0.3) is 11.5 Å². The number of nitrogens with one attached hydrogen (secondary N) is 1. The third kappa shape index (κ3) is 3.38. The Kier molecular flexibility index (Phi) is 5.48. The van der Waals surface area contributed by atoms with Gasteiger partial charge >= 0.3 is 0 Å². The van der Waals surface area contributed by atoms with Crippen LogP contribution in [0.3, 0.4) is 0 Å². The highest BCUT2D eigenvalue weighted by molar-refractivity contribution is 5.92. The number of aryl methyl sites for hydroxylation is 2. The molecule has 0 radical (unpaired) electrons. The number of nitrogens with zero attached hydrogens (tertiary/aromatic N) is 2. The summed E-state index contributed by atoms with van der Waals surface area (Å²) in [7, 11) is 1.74. The minimum Gasteiger partial charge on any atom is -0.378 e. The number of hydrogen-bond acceptors (Lipinski definition) is 4. The molecule has 0 bridgehead atoms. The van der Waals surface area contributed by atoms with Crippen molar-refractivity contribution in [2.24, 2.45) is 5.41 Å².